The van der Waals surface area contributed by atoms with Crippen molar-refractivity contribution in [2.75, 3.05) is 19.8 Å². The van der Waals surface area contributed by atoms with Crippen LogP contribution in [-0.4, -0.2) is 25.9 Å². The van der Waals surface area contributed by atoms with Gasteiger partial charge in [-0.2, -0.15) is 0 Å². The van der Waals surface area contributed by atoms with Crippen LogP contribution in [0.4, 0.5) is 4.79 Å². The van der Waals surface area contributed by atoms with Gasteiger partial charge in [-0.05, 0) is 37.5 Å². The summed E-state index contributed by atoms with van der Waals surface area (Å²) in [5.74, 6) is 1.52. The van der Waals surface area contributed by atoms with Crippen molar-refractivity contribution < 1.29 is 19.0 Å². The zero-order valence-corrected chi connectivity index (χ0v) is 10.9. The zero-order valence-electron chi connectivity index (χ0n) is 10.9. The number of hydrogen-bond donors (Lipinski definition) is 1. The van der Waals surface area contributed by atoms with E-state index in [9.17, 15) is 4.79 Å². The Bertz CT molecular complexity index is 496. The van der Waals surface area contributed by atoms with Crippen LogP contribution in [0.3, 0.4) is 0 Å². The summed E-state index contributed by atoms with van der Waals surface area (Å²) in [6.07, 6.45) is 1.48. The molecule has 0 spiro atoms. The van der Waals surface area contributed by atoms with E-state index in [1.54, 1.807) is 6.92 Å². The second-order valence-electron chi connectivity index (χ2n) is 4.79. The molecular weight excluding hydrogens is 246 g/mol. The van der Waals surface area contributed by atoms with Crippen LogP contribution in [0.15, 0.2) is 18.2 Å². The molecule has 5 nitrogen and oxygen atoms in total. The van der Waals surface area contributed by atoms with Crippen molar-refractivity contribution in [2.24, 2.45) is 0 Å². The molecule has 0 aromatic heterocycles. The topological polar surface area (TPSA) is 56.8 Å². The summed E-state index contributed by atoms with van der Waals surface area (Å²) in [5, 5.41) is 2.93. The highest BCUT2D eigenvalue weighted by atomic mass is 16.6. The van der Waals surface area contributed by atoms with Gasteiger partial charge in [0.25, 0.3) is 0 Å². The third kappa shape index (κ3) is 2.32. The van der Waals surface area contributed by atoms with Crippen molar-refractivity contribution in [1.29, 1.82) is 0 Å². The second kappa shape index (κ2) is 4.64. The lowest BCUT2D eigenvalue weighted by molar-refractivity contribution is 0.146. The molecule has 0 bridgehead atoms. The summed E-state index contributed by atoms with van der Waals surface area (Å²) in [5.41, 5.74) is 0.757. The minimum Gasteiger partial charge on any atom is -0.486 e. The average Bonchev–Trinajstić information content (AvgIpc) is 3.19. The van der Waals surface area contributed by atoms with Crippen molar-refractivity contribution in [3.63, 3.8) is 0 Å². The first-order chi connectivity index (χ1) is 9.23. The first kappa shape index (κ1) is 12.1. The molecule has 2 aliphatic rings. The highest BCUT2D eigenvalue weighted by Crippen LogP contribution is 2.47. The number of fused-ring (bicyclic) bond motifs is 1. The molecule has 3 rings (SSSR count). The summed E-state index contributed by atoms with van der Waals surface area (Å²) >= 11 is 0. The van der Waals surface area contributed by atoms with Gasteiger partial charge in [0.15, 0.2) is 11.5 Å². The van der Waals surface area contributed by atoms with Crippen LogP contribution in [0.5, 0.6) is 11.5 Å². The normalized spacial score (nSPS) is 18.6. The summed E-state index contributed by atoms with van der Waals surface area (Å²) < 4.78 is 16.0. The van der Waals surface area contributed by atoms with E-state index in [0.29, 0.717) is 19.8 Å². The molecule has 1 aliphatic heterocycles. The van der Waals surface area contributed by atoms with Crippen molar-refractivity contribution >= 4 is 6.09 Å². The number of ether oxygens (including phenoxy) is 3. The number of benzene rings is 1. The number of carbonyl (C=O) groups is 1. The zero-order chi connectivity index (χ0) is 13.3. The van der Waals surface area contributed by atoms with Crippen LogP contribution in [0, 0.1) is 0 Å². The molecule has 1 fully saturated rings. The Morgan fingerprint density at radius 3 is 2.74 bits per heavy atom. The van der Waals surface area contributed by atoms with Crippen molar-refractivity contribution in [3.8, 4) is 11.5 Å². The van der Waals surface area contributed by atoms with E-state index in [1.807, 2.05) is 18.2 Å². The highest BCUT2D eigenvalue weighted by Gasteiger charge is 2.46. The third-order valence-electron chi connectivity index (χ3n) is 3.46. The molecule has 1 N–H and O–H groups in total. The van der Waals surface area contributed by atoms with E-state index < -0.39 is 0 Å². The van der Waals surface area contributed by atoms with Crippen molar-refractivity contribution in [2.45, 2.75) is 25.3 Å². The lowest BCUT2D eigenvalue weighted by atomic mass is 10.0. The molecule has 19 heavy (non-hydrogen) atoms. The summed E-state index contributed by atoms with van der Waals surface area (Å²) in [7, 11) is 0. The standard InChI is InChI=1S/C14H17NO4/c1-2-17-13(16)15-14(5-6-14)10-3-4-11-12(9-10)19-8-7-18-11/h3-4,9H,2,5-8H2,1H3,(H,15,16). The number of amides is 1. The van der Waals surface area contributed by atoms with Crippen LogP contribution in [0.25, 0.3) is 0 Å². The summed E-state index contributed by atoms with van der Waals surface area (Å²) in [6, 6.07) is 5.83. The van der Waals surface area contributed by atoms with E-state index >= 15 is 0 Å². The van der Waals surface area contributed by atoms with Crippen LogP contribution >= 0.6 is 0 Å². The lowest BCUT2D eigenvalue weighted by Crippen LogP contribution is -2.35. The molecule has 1 saturated carbocycles. The molecule has 1 aromatic rings. The van der Waals surface area contributed by atoms with E-state index in [0.717, 1.165) is 29.9 Å². The number of rotatable bonds is 3. The van der Waals surface area contributed by atoms with E-state index in [2.05, 4.69) is 5.32 Å². The minimum absolute atomic E-state index is 0.290. The predicted octanol–water partition coefficient (Wildman–Crippen LogP) is 2.19. The average molecular weight is 263 g/mol. The maximum atomic E-state index is 11.6. The van der Waals surface area contributed by atoms with Gasteiger partial charge in [0.1, 0.15) is 13.2 Å². The Balaban J connectivity index is 1.80. The van der Waals surface area contributed by atoms with Crippen molar-refractivity contribution in [1.82, 2.24) is 5.32 Å². The molecule has 1 amide bonds. The quantitative estimate of drug-likeness (QED) is 0.908. The highest BCUT2D eigenvalue weighted by molar-refractivity contribution is 5.69. The van der Waals surface area contributed by atoms with Gasteiger partial charge < -0.3 is 19.5 Å². The van der Waals surface area contributed by atoms with Gasteiger partial charge in [0.05, 0.1) is 12.1 Å². The molecule has 102 valence electrons. The molecule has 1 aliphatic carbocycles. The van der Waals surface area contributed by atoms with E-state index in [4.69, 9.17) is 14.2 Å². The fraction of sp³-hybridized carbons (Fsp3) is 0.500. The van der Waals surface area contributed by atoms with Crippen LogP contribution in [-0.2, 0) is 10.3 Å². The van der Waals surface area contributed by atoms with Gasteiger partial charge >= 0.3 is 6.09 Å². The van der Waals surface area contributed by atoms with Gasteiger partial charge in [-0.25, -0.2) is 4.79 Å². The van der Waals surface area contributed by atoms with Gasteiger partial charge in [-0.15, -0.1) is 0 Å². The van der Waals surface area contributed by atoms with E-state index in [1.165, 1.54) is 0 Å². The maximum Gasteiger partial charge on any atom is 0.407 e. The number of alkyl carbamates (subject to hydrolysis) is 1. The van der Waals surface area contributed by atoms with Gasteiger partial charge in [0.2, 0.25) is 0 Å². The Labute approximate surface area is 111 Å². The fourth-order valence-electron chi connectivity index (χ4n) is 2.31. The minimum atomic E-state index is -0.366. The number of nitrogens with one attached hydrogen (secondary N) is 1. The fourth-order valence-corrected chi connectivity index (χ4v) is 2.31. The first-order valence-corrected chi connectivity index (χ1v) is 6.58. The van der Waals surface area contributed by atoms with Crippen molar-refractivity contribution in [3.05, 3.63) is 23.8 Å². The SMILES string of the molecule is CCOC(=O)NC1(c2ccc3c(c2)OCCO3)CC1. The lowest BCUT2D eigenvalue weighted by Gasteiger charge is -2.22. The Hall–Kier alpha value is -1.91. The van der Waals surface area contributed by atoms with E-state index in [-0.39, 0.29) is 11.6 Å². The van der Waals surface area contributed by atoms with Gasteiger partial charge in [-0.3, -0.25) is 0 Å². The molecular formula is C14H17NO4. The third-order valence-corrected chi connectivity index (χ3v) is 3.46. The molecule has 0 saturated heterocycles. The number of hydrogen-bond acceptors (Lipinski definition) is 4. The largest absolute Gasteiger partial charge is 0.486 e. The molecule has 0 radical (unpaired) electrons. The smallest absolute Gasteiger partial charge is 0.407 e. The van der Waals surface area contributed by atoms with Crippen LogP contribution in [0.2, 0.25) is 0 Å². The molecule has 1 heterocycles. The van der Waals surface area contributed by atoms with Gasteiger partial charge in [0, 0.05) is 0 Å². The summed E-state index contributed by atoms with van der Waals surface area (Å²) in [6.45, 7) is 3.32. The molecule has 1 aromatic carbocycles. The van der Waals surface area contributed by atoms with Crippen LogP contribution in [0.1, 0.15) is 25.3 Å². The monoisotopic (exact) mass is 263 g/mol. The Kier molecular flexibility index (Phi) is 2.97. The van der Waals surface area contributed by atoms with Crippen LogP contribution < -0.4 is 14.8 Å². The Morgan fingerprint density at radius 1 is 1.32 bits per heavy atom. The molecule has 0 atom stereocenters. The van der Waals surface area contributed by atoms with Gasteiger partial charge in [-0.1, -0.05) is 6.07 Å². The Morgan fingerprint density at radius 2 is 2.05 bits per heavy atom. The molecule has 0 unspecified atom stereocenters. The molecule has 5 heteroatoms. The predicted molar refractivity (Wildman–Crippen MR) is 68.5 cm³/mol. The number of carbonyl (C=O) groups excluding carboxylic acids is 1. The first-order valence-electron chi connectivity index (χ1n) is 6.58. The second-order valence-corrected chi connectivity index (χ2v) is 4.79. The maximum absolute atomic E-state index is 11.6. The summed E-state index contributed by atoms with van der Waals surface area (Å²) in [4.78, 5) is 11.6.